The number of para-hydroxylation sites is 1. The minimum Gasteiger partial charge on any atom is -0.384 e. The molecule has 2 aliphatic rings. The van der Waals surface area contributed by atoms with E-state index in [9.17, 15) is 8.42 Å². The molecule has 0 aliphatic carbocycles. The van der Waals surface area contributed by atoms with Gasteiger partial charge >= 0.3 is 0 Å². The second-order valence-corrected chi connectivity index (χ2v) is 7.57. The molecule has 1 fully saturated rings. The second-order valence-electron chi connectivity index (χ2n) is 5.81. The lowest BCUT2D eigenvalue weighted by Crippen LogP contribution is -2.43. The molecule has 116 valence electrons. The first kappa shape index (κ1) is 14.8. The number of anilines is 1. The van der Waals surface area contributed by atoms with E-state index >= 15 is 0 Å². The molecule has 0 radical (unpaired) electrons. The molecule has 2 N–H and O–H groups in total. The zero-order chi connectivity index (χ0) is 14.7. The Morgan fingerprint density at radius 1 is 1.19 bits per heavy atom. The fourth-order valence-corrected chi connectivity index (χ4v) is 4.47. The summed E-state index contributed by atoms with van der Waals surface area (Å²) in [6.45, 7) is 2.70. The number of hydrogen-bond donors (Lipinski definition) is 2. The maximum absolute atomic E-state index is 12.2. The van der Waals surface area contributed by atoms with Crippen LogP contribution in [0.25, 0.3) is 0 Å². The van der Waals surface area contributed by atoms with Crippen molar-refractivity contribution >= 4 is 15.9 Å². The average molecular weight is 309 g/mol. The van der Waals surface area contributed by atoms with Crippen molar-refractivity contribution in [2.24, 2.45) is 0 Å². The zero-order valence-electron chi connectivity index (χ0n) is 12.2. The molecule has 3 rings (SSSR count). The van der Waals surface area contributed by atoms with Gasteiger partial charge in [0.1, 0.15) is 0 Å². The maximum Gasteiger partial charge on any atom is 0.279 e. The molecule has 1 saturated heterocycles. The first-order chi connectivity index (χ1) is 10.2. The lowest BCUT2D eigenvalue weighted by Gasteiger charge is -2.26. The SMILES string of the molecule is O=S(=O)(NCCC1CNc2ccccc21)N1CCCCC1. The highest BCUT2D eigenvalue weighted by Crippen LogP contribution is 2.32. The van der Waals surface area contributed by atoms with E-state index in [-0.39, 0.29) is 0 Å². The smallest absolute Gasteiger partial charge is 0.279 e. The number of hydrogen-bond acceptors (Lipinski definition) is 3. The predicted molar refractivity (Wildman–Crippen MR) is 84.6 cm³/mol. The Hall–Kier alpha value is -1.11. The van der Waals surface area contributed by atoms with Crippen LogP contribution in [0, 0.1) is 0 Å². The van der Waals surface area contributed by atoms with Crippen LogP contribution in [0.3, 0.4) is 0 Å². The van der Waals surface area contributed by atoms with E-state index in [0.29, 0.717) is 25.6 Å². The standard InChI is InChI=1S/C15H23N3O2S/c19-21(20,18-10-4-1-5-11-18)17-9-8-13-12-16-15-7-3-2-6-14(13)15/h2-3,6-7,13,16-17H,1,4-5,8-12H2. The molecule has 0 amide bonds. The molecule has 2 heterocycles. The summed E-state index contributed by atoms with van der Waals surface area (Å²) in [5.41, 5.74) is 2.48. The van der Waals surface area contributed by atoms with E-state index in [1.165, 1.54) is 11.3 Å². The Balaban J connectivity index is 1.52. The average Bonchev–Trinajstić information content (AvgIpc) is 2.92. The minimum absolute atomic E-state index is 0.394. The Morgan fingerprint density at radius 2 is 1.95 bits per heavy atom. The number of nitrogens with zero attached hydrogens (tertiary/aromatic N) is 1. The molecule has 5 nitrogen and oxygen atoms in total. The van der Waals surface area contributed by atoms with Crippen LogP contribution in [0.4, 0.5) is 5.69 Å². The fraction of sp³-hybridized carbons (Fsp3) is 0.600. The summed E-state index contributed by atoms with van der Waals surface area (Å²) in [5.74, 6) is 0.394. The molecule has 0 saturated carbocycles. The summed E-state index contributed by atoms with van der Waals surface area (Å²) in [5, 5.41) is 3.37. The van der Waals surface area contributed by atoms with Crippen LogP contribution in [-0.4, -0.2) is 38.9 Å². The van der Waals surface area contributed by atoms with Gasteiger partial charge in [-0.2, -0.15) is 12.7 Å². The van der Waals surface area contributed by atoms with Crippen LogP contribution in [-0.2, 0) is 10.2 Å². The first-order valence-corrected chi connectivity index (χ1v) is 9.18. The van der Waals surface area contributed by atoms with Crippen molar-refractivity contribution in [1.82, 2.24) is 9.03 Å². The zero-order valence-corrected chi connectivity index (χ0v) is 13.0. The molecule has 0 aromatic heterocycles. The number of benzene rings is 1. The molecule has 1 aromatic carbocycles. The molecule has 0 bridgehead atoms. The van der Waals surface area contributed by atoms with Gasteiger partial charge in [0.15, 0.2) is 0 Å². The minimum atomic E-state index is -3.29. The van der Waals surface area contributed by atoms with Gasteiger partial charge in [-0.1, -0.05) is 24.6 Å². The van der Waals surface area contributed by atoms with Crippen molar-refractivity contribution in [1.29, 1.82) is 0 Å². The van der Waals surface area contributed by atoms with Crippen molar-refractivity contribution in [2.45, 2.75) is 31.6 Å². The molecular formula is C15H23N3O2S. The summed E-state index contributed by atoms with van der Waals surface area (Å²) in [6.07, 6.45) is 3.91. The van der Waals surface area contributed by atoms with Gasteiger partial charge in [-0.05, 0) is 30.9 Å². The third kappa shape index (κ3) is 3.39. The summed E-state index contributed by atoms with van der Waals surface area (Å²) >= 11 is 0. The van der Waals surface area contributed by atoms with Crippen molar-refractivity contribution in [2.75, 3.05) is 31.5 Å². The number of piperidine rings is 1. The van der Waals surface area contributed by atoms with Crippen molar-refractivity contribution in [3.63, 3.8) is 0 Å². The Labute approximate surface area is 126 Å². The predicted octanol–water partition coefficient (Wildman–Crippen LogP) is 1.91. The molecular weight excluding hydrogens is 286 g/mol. The number of nitrogens with one attached hydrogen (secondary N) is 2. The van der Waals surface area contributed by atoms with Gasteiger partial charge < -0.3 is 5.32 Å². The van der Waals surface area contributed by atoms with E-state index in [0.717, 1.165) is 32.2 Å². The molecule has 2 aliphatic heterocycles. The van der Waals surface area contributed by atoms with Crippen LogP contribution in [0.2, 0.25) is 0 Å². The van der Waals surface area contributed by atoms with Crippen molar-refractivity contribution in [3.8, 4) is 0 Å². The van der Waals surface area contributed by atoms with Crippen LogP contribution in [0.1, 0.15) is 37.2 Å². The lowest BCUT2D eigenvalue weighted by molar-refractivity contribution is 0.341. The van der Waals surface area contributed by atoms with Crippen molar-refractivity contribution in [3.05, 3.63) is 29.8 Å². The van der Waals surface area contributed by atoms with E-state index < -0.39 is 10.2 Å². The third-order valence-corrected chi connectivity index (χ3v) is 5.99. The summed E-state index contributed by atoms with van der Waals surface area (Å²) in [6, 6.07) is 8.26. The van der Waals surface area contributed by atoms with Gasteiger partial charge in [0.05, 0.1) is 0 Å². The molecule has 1 atom stereocenters. The van der Waals surface area contributed by atoms with Gasteiger partial charge in [-0.25, -0.2) is 4.72 Å². The van der Waals surface area contributed by atoms with Crippen LogP contribution < -0.4 is 10.0 Å². The summed E-state index contributed by atoms with van der Waals surface area (Å²) in [7, 11) is -3.29. The normalized spacial score (nSPS) is 22.8. The molecule has 0 spiro atoms. The largest absolute Gasteiger partial charge is 0.384 e. The highest BCUT2D eigenvalue weighted by Gasteiger charge is 2.25. The summed E-state index contributed by atoms with van der Waals surface area (Å²) in [4.78, 5) is 0. The topological polar surface area (TPSA) is 61.4 Å². The van der Waals surface area contributed by atoms with Crippen molar-refractivity contribution < 1.29 is 8.42 Å². The summed E-state index contributed by atoms with van der Waals surface area (Å²) < 4.78 is 28.7. The maximum atomic E-state index is 12.2. The molecule has 1 unspecified atom stereocenters. The highest BCUT2D eigenvalue weighted by molar-refractivity contribution is 7.87. The van der Waals surface area contributed by atoms with Crippen LogP contribution >= 0.6 is 0 Å². The first-order valence-electron chi connectivity index (χ1n) is 7.74. The molecule has 6 heteroatoms. The second kappa shape index (κ2) is 6.34. The van der Waals surface area contributed by atoms with Gasteiger partial charge in [0, 0.05) is 37.8 Å². The van der Waals surface area contributed by atoms with E-state index in [1.807, 2.05) is 12.1 Å². The van der Waals surface area contributed by atoms with Gasteiger partial charge in [0.25, 0.3) is 10.2 Å². The van der Waals surface area contributed by atoms with Crippen LogP contribution in [0.15, 0.2) is 24.3 Å². The Morgan fingerprint density at radius 3 is 2.76 bits per heavy atom. The lowest BCUT2D eigenvalue weighted by atomic mass is 9.98. The highest BCUT2D eigenvalue weighted by atomic mass is 32.2. The van der Waals surface area contributed by atoms with E-state index in [2.05, 4.69) is 22.2 Å². The fourth-order valence-electron chi connectivity index (χ4n) is 3.17. The number of rotatable bonds is 5. The van der Waals surface area contributed by atoms with E-state index in [4.69, 9.17) is 0 Å². The quantitative estimate of drug-likeness (QED) is 0.873. The van der Waals surface area contributed by atoms with Gasteiger partial charge in [-0.15, -0.1) is 0 Å². The van der Waals surface area contributed by atoms with Gasteiger partial charge in [0.2, 0.25) is 0 Å². The Kier molecular flexibility index (Phi) is 4.47. The Bertz CT molecular complexity index is 582. The number of fused-ring (bicyclic) bond motifs is 1. The van der Waals surface area contributed by atoms with Crippen LogP contribution in [0.5, 0.6) is 0 Å². The molecule has 21 heavy (non-hydrogen) atoms. The third-order valence-electron chi connectivity index (χ3n) is 4.37. The van der Waals surface area contributed by atoms with E-state index in [1.54, 1.807) is 4.31 Å². The monoisotopic (exact) mass is 309 g/mol. The van der Waals surface area contributed by atoms with Gasteiger partial charge in [-0.3, -0.25) is 0 Å². The molecule has 1 aromatic rings.